The summed E-state index contributed by atoms with van der Waals surface area (Å²) in [6.45, 7) is 1.55. The van der Waals surface area contributed by atoms with Crippen molar-refractivity contribution in [2.24, 2.45) is 0 Å². The fourth-order valence-electron chi connectivity index (χ4n) is 2.16. The van der Waals surface area contributed by atoms with Crippen LogP contribution >= 0.6 is 0 Å². The second-order valence-corrected chi connectivity index (χ2v) is 4.70. The largest absolute Gasteiger partial charge is 0.380 e. The van der Waals surface area contributed by atoms with Crippen molar-refractivity contribution in [1.82, 2.24) is 5.32 Å². The van der Waals surface area contributed by atoms with Crippen molar-refractivity contribution in [3.8, 4) is 6.07 Å². The normalized spacial score (nSPS) is 10.3. The molecule has 2 aromatic rings. The third-order valence-electron chi connectivity index (χ3n) is 3.25. The van der Waals surface area contributed by atoms with E-state index in [2.05, 4.69) is 5.32 Å². The van der Waals surface area contributed by atoms with Gasteiger partial charge >= 0.3 is 0 Å². The van der Waals surface area contributed by atoms with Gasteiger partial charge in [-0.15, -0.1) is 0 Å². The summed E-state index contributed by atoms with van der Waals surface area (Å²) >= 11 is 0. The Morgan fingerprint density at radius 1 is 1.05 bits per heavy atom. The van der Waals surface area contributed by atoms with Crippen molar-refractivity contribution in [2.45, 2.75) is 19.7 Å². The number of halogens is 1. The number of rotatable bonds is 6. The van der Waals surface area contributed by atoms with Gasteiger partial charge in [-0.2, -0.15) is 5.26 Å². The van der Waals surface area contributed by atoms with Gasteiger partial charge in [0.15, 0.2) is 0 Å². The Hall–Kier alpha value is -2.22. The number of nitrogens with zero attached hydrogens (tertiary/aromatic N) is 1. The summed E-state index contributed by atoms with van der Waals surface area (Å²) in [6, 6.07) is 14.7. The van der Waals surface area contributed by atoms with Crippen LogP contribution in [0.15, 0.2) is 42.5 Å². The van der Waals surface area contributed by atoms with Crippen molar-refractivity contribution in [3.05, 3.63) is 70.5 Å². The summed E-state index contributed by atoms with van der Waals surface area (Å²) in [6.07, 6.45) is 0. The summed E-state index contributed by atoms with van der Waals surface area (Å²) in [4.78, 5) is 0. The van der Waals surface area contributed by atoms with Gasteiger partial charge in [-0.25, -0.2) is 4.39 Å². The summed E-state index contributed by atoms with van der Waals surface area (Å²) in [5.41, 5.74) is 2.81. The van der Waals surface area contributed by atoms with Gasteiger partial charge in [0.1, 0.15) is 11.9 Å². The minimum atomic E-state index is -0.447. The third kappa shape index (κ3) is 3.88. The lowest BCUT2D eigenvalue weighted by atomic mass is 10.1. The lowest BCUT2D eigenvalue weighted by Crippen LogP contribution is -2.15. The number of nitriles is 1. The smallest absolute Gasteiger partial charge is 0.145 e. The van der Waals surface area contributed by atoms with E-state index < -0.39 is 5.82 Å². The molecular weight excluding hydrogens is 267 g/mol. The van der Waals surface area contributed by atoms with Crippen LogP contribution in [0.2, 0.25) is 0 Å². The topological polar surface area (TPSA) is 45.0 Å². The molecule has 0 aliphatic rings. The van der Waals surface area contributed by atoms with Crippen molar-refractivity contribution >= 4 is 0 Å². The van der Waals surface area contributed by atoms with E-state index in [0.29, 0.717) is 25.3 Å². The molecule has 0 saturated heterocycles. The average molecular weight is 284 g/mol. The van der Waals surface area contributed by atoms with E-state index in [1.165, 1.54) is 6.07 Å². The zero-order chi connectivity index (χ0) is 15.1. The second-order valence-electron chi connectivity index (χ2n) is 4.70. The molecule has 0 aromatic heterocycles. The van der Waals surface area contributed by atoms with Crippen LogP contribution in [0.25, 0.3) is 0 Å². The maximum absolute atomic E-state index is 13.9. The first kappa shape index (κ1) is 15.2. The molecule has 0 atom stereocenters. The van der Waals surface area contributed by atoms with Gasteiger partial charge in [-0.05, 0) is 17.2 Å². The molecular formula is C17H17FN2O. The third-order valence-corrected chi connectivity index (χ3v) is 3.25. The molecule has 4 heteroatoms. The molecule has 0 radical (unpaired) electrons. The van der Waals surface area contributed by atoms with Crippen LogP contribution in [0.3, 0.4) is 0 Å². The van der Waals surface area contributed by atoms with E-state index in [1.54, 1.807) is 19.2 Å². The minimum Gasteiger partial charge on any atom is -0.380 e. The molecule has 0 amide bonds. The Morgan fingerprint density at radius 3 is 2.43 bits per heavy atom. The first-order chi connectivity index (χ1) is 10.3. The van der Waals surface area contributed by atoms with Crippen LogP contribution in [-0.2, 0) is 24.4 Å². The highest BCUT2D eigenvalue weighted by Gasteiger charge is 2.07. The predicted molar refractivity (Wildman–Crippen MR) is 78.8 cm³/mol. The van der Waals surface area contributed by atoms with Crippen molar-refractivity contribution in [1.29, 1.82) is 5.26 Å². The first-order valence-electron chi connectivity index (χ1n) is 6.70. The lowest BCUT2D eigenvalue weighted by Gasteiger charge is -2.10. The minimum absolute atomic E-state index is 0.0779. The summed E-state index contributed by atoms with van der Waals surface area (Å²) in [5, 5.41) is 12.0. The SMILES string of the molecule is COCc1ccccc1CNCc1cccc(C#N)c1F. The van der Waals surface area contributed by atoms with E-state index in [-0.39, 0.29) is 5.56 Å². The van der Waals surface area contributed by atoms with E-state index in [0.717, 1.165) is 11.1 Å². The zero-order valence-electron chi connectivity index (χ0n) is 11.9. The number of ether oxygens (including phenoxy) is 1. The van der Waals surface area contributed by atoms with Crippen LogP contribution in [-0.4, -0.2) is 7.11 Å². The molecule has 108 valence electrons. The van der Waals surface area contributed by atoms with Crippen molar-refractivity contribution in [2.75, 3.05) is 7.11 Å². The molecule has 0 heterocycles. The maximum Gasteiger partial charge on any atom is 0.145 e. The fourth-order valence-corrected chi connectivity index (χ4v) is 2.16. The van der Waals surface area contributed by atoms with Crippen LogP contribution in [0.4, 0.5) is 4.39 Å². The van der Waals surface area contributed by atoms with Crippen LogP contribution in [0, 0.1) is 17.1 Å². The molecule has 2 rings (SSSR count). The van der Waals surface area contributed by atoms with Crippen LogP contribution in [0.1, 0.15) is 22.3 Å². The van der Waals surface area contributed by atoms with Gasteiger partial charge in [0.25, 0.3) is 0 Å². The zero-order valence-corrected chi connectivity index (χ0v) is 11.9. The Labute approximate surface area is 124 Å². The first-order valence-corrected chi connectivity index (χ1v) is 6.70. The molecule has 0 bridgehead atoms. The highest BCUT2D eigenvalue weighted by Crippen LogP contribution is 2.13. The number of benzene rings is 2. The number of methoxy groups -OCH3 is 1. The Morgan fingerprint density at radius 2 is 1.71 bits per heavy atom. The Kier molecular flexibility index (Phi) is 5.44. The fraction of sp³-hybridized carbons (Fsp3) is 0.235. The molecule has 2 aromatic carbocycles. The van der Waals surface area contributed by atoms with Crippen molar-refractivity contribution in [3.63, 3.8) is 0 Å². The quantitative estimate of drug-likeness (QED) is 0.886. The molecule has 3 nitrogen and oxygen atoms in total. The van der Waals surface area contributed by atoms with Gasteiger partial charge in [0, 0.05) is 25.8 Å². The molecule has 0 fully saturated rings. The van der Waals surface area contributed by atoms with E-state index in [4.69, 9.17) is 10.00 Å². The highest BCUT2D eigenvalue weighted by molar-refractivity contribution is 5.35. The van der Waals surface area contributed by atoms with E-state index in [1.807, 2.05) is 30.3 Å². The molecule has 0 aliphatic heterocycles. The Bertz CT molecular complexity index is 649. The monoisotopic (exact) mass is 284 g/mol. The van der Waals surface area contributed by atoms with Gasteiger partial charge in [0.2, 0.25) is 0 Å². The van der Waals surface area contributed by atoms with Gasteiger partial charge in [0.05, 0.1) is 12.2 Å². The predicted octanol–water partition coefficient (Wildman–Crippen LogP) is 3.13. The van der Waals surface area contributed by atoms with Crippen molar-refractivity contribution < 1.29 is 9.13 Å². The number of nitrogens with one attached hydrogen (secondary N) is 1. The van der Waals surface area contributed by atoms with E-state index in [9.17, 15) is 4.39 Å². The van der Waals surface area contributed by atoms with Gasteiger partial charge in [-0.1, -0.05) is 36.4 Å². The standard InChI is InChI=1S/C17H17FN2O/c1-21-12-16-6-3-2-5-14(16)10-20-11-15-8-4-7-13(9-19)17(15)18/h2-8,20H,10-12H2,1H3. The van der Waals surface area contributed by atoms with Crippen LogP contribution < -0.4 is 5.32 Å². The average Bonchev–Trinajstić information content (AvgIpc) is 2.51. The van der Waals surface area contributed by atoms with Gasteiger partial charge in [-0.3, -0.25) is 0 Å². The maximum atomic E-state index is 13.9. The molecule has 0 saturated carbocycles. The Balaban J connectivity index is 2.01. The molecule has 0 aliphatic carbocycles. The second kappa shape index (κ2) is 7.53. The summed E-state index contributed by atoms with van der Waals surface area (Å²) < 4.78 is 19.1. The molecule has 0 spiro atoms. The molecule has 0 unspecified atom stereocenters. The number of hydrogen-bond acceptors (Lipinski definition) is 3. The van der Waals surface area contributed by atoms with E-state index >= 15 is 0 Å². The molecule has 21 heavy (non-hydrogen) atoms. The molecule has 1 N–H and O–H groups in total. The summed E-state index contributed by atoms with van der Waals surface area (Å²) in [5.74, 6) is -0.447. The summed E-state index contributed by atoms with van der Waals surface area (Å²) in [7, 11) is 1.66. The van der Waals surface area contributed by atoms with Crippen LogP contribution in [0.5, 0.6) is 0 Å². The van der Waals surface area contributed by atoms with Gasteiger partial charge < -0.3 is 10.1 Å². The number of hydrogen-bond donors (Lipinski definition) is 1. The lowest BCUT2D eigenvalue weighted by molar-refractivity contribution is 0.184. The highest BCUT2D eigenvalue weighted by atomic mass is 19.1.